The van der Waals surface area contributed by atoms with Gasteiger partial charge in [0.25, 0.3) is 5.56 Å². The highest BCUT2D eigenvalue weighted by molar-refractivity contribution is 7.18. The molecule has 4 aromatic rings. The fourth-order valence-electron chi connectivity index (χ4n) is 4.67. The summed E-state index contributed by atoms with van der Waals surface area (Å²) in [4.78, 5) is 43.3. The number of nitrogens with zero attached hydrogens (tertiary/aromatic N) is 3. The van der Waals surface area contributed by atoms with Crippen LogP contribution in [0.1, 0.15) is 34.1 Å². The maximum Gasteiger partial charge on any atom is 0.410 e. The second-order valence-electron chi connectivity index (χ2n) is 8.97. The molecule has 0 unspecified atom stereocenters. The highest BCUT2D eigenvalue weighted by Gasteiger charge is 2.29. The Kier molecular flexibility index (Phi) is 6.49. The third-order valence-corrected chi connectivity index (χ3v) is 8.06. The van der Waals surface area contributed by atoms with Gasteiger partial charge in [-0.05, 0) is 68.1 Å². The average Bonchev–Trinajstić information content (AvgIpc) is 3.24. The summed E-state index contributed by atoms with van der Waals surface area (Å²) in [6.45, 7) is 7.25. The van der Waals surface area contributed by atoms with Crippen molar-refractivity contribution in [3.8, 4) is 5.69 Å². The Morgan fingerprint density at radius 3 is 2.58 bits per heavy atom. The van der Waals surface area contributed by atoms with Gasteiger partial charge in [0.15, 0.2) is 0 Å². The van der Waals surface area contributed by atoms with Gasteiger partial charge in [-0.3, -0.25) is 9.36 Å². The molecule has 0 aliphatic carbocycles. The van der Waals surface area contributed by atoms with Gasteiger partial charge in [-0.2, -0.15) is 0 Å². The molecule has 186 valence electrons. The molecule has 0 bridgehead atoms. The van der Waals surface area contributed by atoms with Gasteiger partial charge in [0, 0.05) is 16.4 Å². The van der Waals surface area contributed by atoms with Crippen LogP contribution >= 0.6 is 22.9 Å². The van der Waals surface area contributed by atoms with Crippen molar-refractivity contribution in [2.75, 3.05) is 13.2 Å². The van der Waals surface area contributed by atoms with Crippen LogP contribution in [0.2, 0.25) is 5.02 Å². The summed E-state index contributed by atoms with van der Waals surface area (Å²) >= 11 is 7.48. The van der Waals surface area contributed by atoms with Crippen LogP contribution in [0.15, 0.2) is 52.1 Å². The van der Waals surface area contributed by atoms with E-state index in [0.29, 0.717) is 53.6 Å². The van der Waals surface area contributed by atoms with Gasteiger partial charge in [-0.15, -0.1) is 11.3 Å². The van der Waals surface area contributed by atoms with Crippen molar-refractivity contribution >= 4 is 39.2 Å². The van der Waals surface area contributed by atoms with E-state index in [9.17, 15) is 14.4 Å². The average molecular weight is 524 g/mol. The SMILES string of the molecule is CCOC(=O)N1CCc2c(sc3c2c(=O)n(-c2ccc(Cl)cc2)c(=O)n3Cc2cc(C)ccc2C)C1. The smallest absolute Gasteiger partial charge is 0.410 e. The molecule has 36 heavy (non-hydrogen) atoms. The number of fused-ring (bicyclic) bond motifs is 3. The molecule has 1 aliphatic heterocycles. The number of hydrogen-bond acceptors (Lipinski definition) is 5. The number of carbonyl (C=O) groups is 1. The van der Waals surface area contributed by atoms with Gasteiger partial charge in [0.2, 0.25) is 0 Å². The molecule has 0 radical (unpaired) electrons. The molecule has 0 atom stereocenters. The van der Waals surface area contributed by atoms with Crippen LogP contribution in [0.3, 0.4) is 0 Å². The predicted molar refractivity (Wildman–Crippen MR) is 143 cm³/mol. The lowest BCUT2D eigenvalue weighted by atomic mass is 10.0. The molecular weight excluding hydrogens is 498 g/mol. The van der Waals surface area contributed by atoms with Crippen LogP contribution in [0.25, 0.3) is 15.9 Å². The van der Waals surface area contributed by atoms with Crippen molar-refractivity contribution in [2.45, 2.75) is 40.3 Å². The van der Waals surface area contributed by atoms with Crippen molar-refractivity contribution in [1.29, 1.82) is 0 Å². The Bertz CT molecular complexity index is 1600. The molecule has 2 aromatic carbocycles. The zero-order valence-corrected chi connectivity index (χ0v) is 21.9. The van der Waals surface area contributed by atoms with E-state index in [-0.39, 0.29) is 11.7 Å². The quantitative estimate of drug-likeness (QED) is 0.375. The minimum Gasteiger partial charge on any atom is -0.450 e. The van der Waals surface area contributed by atoms with Gasteiger partial charge >= 0.3 is 11.8 Å². The number of hydrogen-bond donors (Lipinski definition) is 0. The van der Waals surface area contributed by atoms with E-state index in [1.54, 1.807) is 40.7 Å². The maximum absolute atomic E-state index is 13.9. The van der Waals surface area contributed by atoms with Crippen LogP contribution in [-0.4, -0.2) is 33.3 Å². The van der Waals surface area contributed by atoms with E-state index in [0.717, 1.165) is 27.1 Å². The van der Waals surface area contributed by atoms with Gasteiger partial charge < -0.3 is 9.64 Å². The largest absolute Gasteiger partial charge is 0.450 e. The molecule has 9 heteroatoms. The summed E-state index contributed by atoms with van der Waals surface area (Å²) < 4.78 is 8.10. The summed E-state index contributed by atoms with van der Waals surface area (Å²) in [5, 5.41) is 1.06. The zero-order valence-electron chi connectivity index (χ0n) is 20.3. The highest BCUT2D eigenvalue weighted by atomic mass is 35.5. The number of rotatable bonds is 4. The predicted octanol–water partition coefficient (Wildman–Crippen LogP) is 5.05. The number of aryl methyl sites for hydroxylation is 2. The monoisotopic (exact) mass is 523 g/mol. The summed E-state index contributed by atoms with van der Waals surface area (Å²) in [5.41, 5.74) is 3.79. The summed E-state index contributed by atoms with van der Waals surface area (Å²) in [6.07, 6.45) is 0.151. The number of thiophene rings is 1. The van der Waals surface area contributed by atoms with Crippen LogP contribution in [0.4, 0.5) is 4.79 Å². The number of halogens is 1. The Balaban J connectivity index is 1.75. The number of aromatic nitrogens is 2. The second-order valence-corrected chi connectivity index (χ2v) is 10.5. The molecule has 0 saturated carbocycles. The fraction of sp³-hybridized carbons (Fsp3) is 0.296. The number of amides is 1. The van der Waals surface area contributed by atoms with E-state index >= 15 is 0 Å². The molecule has 0 saturated heterocycles. The standard InChI is InChI=1S/C27H26ClN3O4S/c1-4-35-27(34)29-12-11-21-22(15-29)36-25-23(21)24(32)31(20-9-7-19(28)8-10-20)26(33)30(25)14-18-13-16(2)5-6-17(18)3/h5-10,13H,4,11-12,14-15H2,1-3H3. The Morgan fingerprint density at radius 1 is 1.11 bits per heavy atom. The van der Waals surface area contributed by atoms with E-state index in [1.165, 1.54) is 15.9 Å². The van der Waals surface area contributed by atoms with Crippen LogP contribution in [0, 0.1) is 13.8 Å². The van der Waals surface area contributed by atoms with E-state index < -0.39 is 5.69 Å². The summed E-state index contributed by atoms with van der Waals surface area (Å²) in [6, 6.07) is 12.9. The van der Waals surface area contributed by atoms with Crippen LogP contribution in [0.5, 0.6) is 0 Å². The molecule has 7 nitrogen and oxygen atoms in total. The van der Waals surface area contributed by atoms with Crippen molar-refractivity contribution in [1.82, 2.24) is 14.0 Å². The molecule has 0 spiro atoms. The minimum absolute atomic E-state index is 0.301. The summed E-state index contributed by atoms with van der Waals surface area (Å²) in [7, 11) is 0. The van der Waals surface area contributed by atoms with Gasteiger partial charge in [-0.1, -0.05) is 35.4 Å². The topological polar surface area (TPSA) is 73.5 Å². The Morgan fingerprint density at radius 2 is 1.86 bits per heavy atom. The van der Waals surface area contributed by atoms with Crippen molar-refractivity contribution in [3.05, 3.63) is 95.5 Å². The highest BCUT2D eigenvalue weighted by Crippen LogP contribution is 2.34. The lowest BCUT2D eigenvalue weighted by Crippen LogP contribution is -2.39. The Labute approximate surface area is 217 Å². The first-order chi connectivity index (χ1) is 17.3. The van der Waals surface area contributed by atoms with Crippen molar-refractivity contribution in [2.24, 2.45) is 0 Å². The number of ether oxygens (including phenoxy) is 1. The fourth-order valence-corrected chi connectivity index (χ4v) is 6.15. The van der Waals surface area contributed by atoms with Crippen molar-refractivity contribution in [3.63, 3.8) is 0 Å². The number of carbonyl (C=O) groups excluding carboxylic acids is 1. The number of benzene rings is 2. The minimum atomic E-state index is -0.406. The third-order valence-electron chi connectivity index (χ3n) is 6.57. The lowest BCUT2D eigenvalue weighted by Gasteiger charge is -2.25. The molecule has 0 fully saturated rings. The van der Waals surface area contributed by atoms with Gasteiger partial charge in [0.05, 0.1) is 30.8 Å². The lowest BCUT2D eigenvalue weighted by molar-refractivity contribution is 0.103. The van der Waals surface area contributed by atoms with Crippen molar-refractivity contribution < 1.29 is 9.53 Å². The van der Waals surface area contributed by atoms with Crippen LogP contribution < -0.4 is 11.2 Å². The normalized spacial score (nSPS) is 13.2. The van der Waals surface area contributed by atoms with Gasteiger partial charge in [-0.25, -0.2) is 14.2 Å². The van der Waals surface area contributed by atoms with Crippen LogP contribution in [-0.2, 0) is 24.2 Å². The molecule has 1 amide bonds. The Hall–Kier alpha value is -3.36. The van der Waals surface area contributed by atoms with Gasteiger partial charge in [0.1, 0.15) is 4.83 Å². The zero-order chi connectivity index (χ0) is 25.6. The second kappa shape index (κ2) is 9.59. The first-order valence-electron chi connectivity index (χ1n) is 11.8. The van der Waals surface area contributed by atoms with E-state index in [4.69, 9.17) is 16.3 Å². The molecular formula is C27H26ClN3O4S. The molecule has 5 rings (SSSR count). The third kappa shape index (κ3) is 4.24. The summed E-state index contributed by atoms with van der Waals surface area (Å²) in [5.74, 6) is 0. The van der Waals surface area contributed by atoms with E-state index in [1.807, 2.05) is 26.0 Å². The molecule has 0 N–H and O–H groups in total. The molecule has 2 aromatic heterocycles. The molecule has 3 heterocycles. The molecule has 1 aliphatic rings. The first kappa shape index (κ1) is 24.3. The first-order valence-corrected chi connectivity index (χ1v) is 13.0. The van der Waals surface area contributed by atoms with E-state index in [2.05, 4.69) is 6.07 Å². The maximum atomic E-state index is 13.9.